The van der Waals surface area contributed by atoms with E-state index in [0.29, 0.717) is 25.7 Å². The van der Waals surface area contributed by atoms with Crippen molar-refractivity contribution in [2.75, 3.05) is 0 Å². The number of hydrogen-bond acceptors (Lipinski definition) is 3. The largest absolute Gasteiger partial charge is 0.390 e. The summed E-state index contributed by atoms with van der Waals surface area (Å²) in [4.78, 5) is 13.6. The van der Waals surface area contributed by atoms with Crippen LogP contribution in [-0.4, -0.2) is 27.7 Å². The molecule has 2 N–H and O–H groups in total. The van der Waals surface area contributed by atoms with Gasteiger partial charge < -0.3 is 10.2 Å². The van der Waals surface area contributed by atoms with Gasteiger partial charge in [-0.25, -0.2) is 0 Å². The quantitative estimate of drug-likeness (QED) is 0.704. The summed E-state index contributed by atoms with van der Waals surface area (Å²) >= 11 is 3.23. The number of carbonyl (C=O) groups excluding carboxylic acids is 1. The van der Waals surface area contributed by atoms with Gasteiger partial charge >= 0.3 is 0 Å². The molecule has 0 aliphatic heterocycles. The van der Waals surface area contributed by atoms with Crippen LogP contribution in [0.4, 0.5) is 0 Å². The van der Waals surface area contributed by atoms with Gasteiger partial charge in [-0.2, -0.15) is 0 Å². The fourth-order valence-corrected chi connectivity index (χ4v) is 3.26. The number of ketones is 1. The van der Waals surface area contributed by atoms with Gasteiger partial charge in [0.25, 0.3) is 0 Å². The molecule has 84 valence electrons. The van der Waals surface area contributed by atoms with Crippen LogP contribution in [0.25, 0.3) is 0 Å². The van der Waals surface area contributed by atoms with Gasteiger partial charge in [-0.05, 0) is 31.2 Å². The standard InChI is InChI=1S/C11H15BrO3/c1-10-5-7(6-12)4-9(14)11(10,15)3-2-8(10)13/h6,9,14-15H,2-5H2,1H3/b7-6-/t9-,10+,11-/m1/s1. The van der Waals surface area contributed by atoms with Crippen molar-refractivity contribution in [3.63, 3.8) is 0 Å². The number of Topliss-reactive ketones (excluding diaryl/α,β-unsaturated/α-hetero) is 1. The Morgan fingerprint density at radius 2 is 2.27 bits per heavy atom. The highest BCUT2D eigenvalue weighted by Gasteiger charge is 2.62. The normalized spacial score (nSPS) is 48.4. The molecular weight excluding hydrogens is 260 g/mol. The summed E-state index contributed by atoms with van der Waals surface area (Å²) in [6.45, 7) is 1.77. The van der Waals surface area contributed by atoms with E-state index >= 15 is 0 Å². The van der Waals surface area contributed by atoms with Crippen LogP contribution in [0.3, 0.4) is 0 Å². The van der Waals surface area contributed by atoms with Gasteiger partial charge in [0.1, 0.15) is 11.4 Å². The van der Waals surface area contributed by atoms with Crippen molar-refractivity contribution in [3.8, 4) is 0 Å². The Hall–Kier alpha value is -0.190. The van der Waals surface area contributed by atoms with Crippen molar-refractivity contribution in [2.45, 2.75) is 44.3 Å². The van der Waals surface area contributed by atoms with Crippen LogP contribution < -0.4 is 0 Å². The van der Waals surface area contributed by atoms with Crippen molar-refractivity contribution in [3.05, 3.63) is 10.6 Å². The molecule has 3 nitrogen and oxygen atoms in total. The van der Waals surface area contributed by atoms with E-state index in [4.69, 9.17) is 0 Å². The molecule has 0 radical (unpaired) electrons. The Balaban J connectivity index is 2.44. The monoisotopic (exact) mass is 274 g/mol. The zero-order valence-corrected chi connectivity index (χ0v) is 10.2. The van der Waals surface area contributed by atoms with Gasteiger partial charge in [-0.15, -0.1) is 0 Å². The lowest BCUT2D eigenvalue weighted by Gasteiger charge is -2.46. The summed E-state index contributed by atoms with van der Waals surface area (Å²) in [5, 5.41) is 20.4. The van der Waals surface area contributed by atoms with E-state index in [1.807, 2.05) is 0 Å². The minimum atomic E-state index is -1.22. The minimum Gasteiger partial charge on any atom is -0.390 e. The third-order valence-corrected chi connectivity index (χ3v) is 4.69. The topological polar surface area (TPSA) is 57.5 Å². The number of carbonyl (C=O) groups is 1. The van der Waals surface area contributed by atoms with Gasteiger partial charge in [0.05, 0.1) is 11.5 Å². The number of aliphatic hydroxyl groups excluding tert-OH is 1. The zero-order chi connectivity index (χ0) is 11.3. The second kappa shape index (κ2) is 3.40. The number of rotatable bonds is 0. The van der Waals surface area contributed by atoms with Crippen molar-refractivity contribution >= 4 is 21.7 Å². The lowest BCUT2D eigenvalue weighted by molar-refractivity contribution is -0.161. The first-order valence-corrected chi connectivity index (χ1v) is 6.07. The Kier molecular flexibility index (Phi) is 2.56. The van der Waals surface area contributed by atoms with Gasteiger partial charge in [-0.3, -0.25) is 4.79 Å². The van der Waals surface area contributed by atoms with Gasteiger partial charge in [0.15, 0.2) is 0 Å². The smallest absolute Gasteiger partial charge is 0.142 e. The molecule has 0 aromatic carbocycles. The molecule has 2 aliphatic carbocycles. The van der Waals surface area contributed by atoms with Crippen molar-refractivity contribution in [1.29, 1.82) is 0 Å². The molecule has 4 heteroatoms. The van der Waals surface area contributed by atoms with E-state index < -0.39 is 17.1 Å². The van der Waals surface area contributed by atoms with Crippen LogP contribution in [0, 0.1) is 5.41 Å². The van der Waals surface area contributed by atoms with Crippen LogP contribution in [0.2, 0.25) is 0 Å². The second-order valence-corrected chi connectivity index (χ2v) is 5.30. The van der Waals surface area contributed by atoms with Crippen molar-refractivity contribution in [1.82, 2.24) is 0 Å². The lowest BCUT2D eigenvalue weighted by atomic mass is 9.63. The van der Waals surface area contributed by atoms with E-state index in [1.165, 1.54) is 0 Å². The number of fused-ring (bicyclic) bond motifs is 1. The molecule has 0 aromatic heterocycles. The van der Waals surface area contributed by atoms with E-state index in [2.05, 4.69) is 15.9 Å². The molecule has 2 rings (SSSR count). The number of hydrogen-bond donors (Lipinski definition) is 2. The van der Waals surface area contributed by atoms with Gasteiger partial charge in [0.2, 0.25) is 0 Å². The molecule has 0 aromatic rings. The second-order valence-electron chi connectivity index (χ2n) is 4.84. The average Bonchev–Trinajstić information content (AvgIpc) is 2.43. The zero-order valence-electron chi connectivity index (χ0n) is 8.66. The highest BCUT2D eigenvalue weighted by molar-refractivity contribution is 9.11. The highest BCUT2D eigenvalue weighted by atomic mass is 79.9. The van der Waals surface area contributed by atoms with Crippen LogP contribution >= 0.6 is 15.9 Å². The molecule has 0 heterocycles. The van der Waals surface area contributed by atoms with Gasteiger partial charge in [-0.1, -0.05) is 21.5 Å². The first-order valence-electron chi connectivity index (χ1n) is 5.16. The molecule has 3 atom stereocenters. The molecular formula is C11H15BrO3. The molecule has 0 spiro atoms. The molecule has 2 saturated carbocycles. The predicted molar refractivity (Wildman–Crippen MR) is 59.5 cm³/mol. The Morgan fingerprint density at radius 3 is 2.87 bits per heavy atom. The van der Waals surface area contributed by atoms with E-state index in [1.54, 1.807) is 11.9 Å². The van der Waals surface area contributed by atoms with E-state index in [0.717, 1.165) is 5.57 Å². The lowest BCUT2D eigenvalue weighted by Crippen LogP contribution is -2.56. The summed E-state index contributed by atoms with van der Waals surface area (Å²) in [7, 11) is 0. The molecule has 15 heavy (non-hydrogen) atoms. The molecule has 2 fully saturated rings. The Morgan fingerprint density at radius 1 is 1.60 bits per heavy atom. The molecule has 0 unspecified atom stereocenters. The van der Waals surface area contributed by atoms with Gasteiger partial charge in [0, 0.05) is 6.42 Å². The average molecular weight is 275 g/mol. The number of halogens is 1. The minimum absolute atomic E-state index is 0.0654. The third kappa shape index (κ3) is 1.35. The van der Waals surface area contributed by atoms with E-state index in [-0.39, 0.29) is 5.78 Å². The maximum Gasteiger partial charge on any atom is 0.142 e. The maximum atomic E-state index is 11.8. The Bertz CT molecular complexity index is 339. The van der Waals surface area contributed by atoms with Crippen molar-refractivity contribution < 1.29 is 15.0 Å². The summed E-state index contributed by atoms with van der Waals surface area (Å²) in [5.74, 6) is 0.0654. The summed E-state index contributed by atoms with van der Waals surface area (Å²) in [6, 6.07) is 0. The fourth-order valence-electron chi connectivity index (χ4n) is 2.91. The molecule has 0 bridgehead atoms. The first-order chi connectivity index (χ1) is 6.94. The first kappa shape index (κ1) is 11.3. The third-order valence-electron chi connectivity index (χ3n) is 4.05. The SMILES string of the molecule is C[C@@]12C/C(=C\Br)C[C@@H](O)[C@]1(O)CCC2=O. The Labute approximate surface area is 97.3 Å². The summed E-state index contributed by atoms with van der Waals surface area (Å²) in [5.41, 5.74) is -1.03. The van der Waals surface area contributed by atoms with Crippen LogP contribution in [0.1, 0.15) is 32.6 Å². The predicted octanol–water partition coefficient (Wildman–Crippen LogP) is 1.52. The van der Waals surface area contributed by atoms with Crippen LogP contribution in [-0.2, 0) is 4.79 Å². The summed E-state index contributed by atoms with van der Waals surface area (Å²) in [6.07, 6.45) is 0.931. The van der Waals surface area contributed by atoms with Crippen molar-refractivity contribution in [2.24, 2.45) is 5.41 Å². The molecule has 0 saturated heterocycles. The summed E-state index contributed by atoms with van der Waals surface area (Å²) < 4.78 is 0. The molecule has 2 aliphatic rings. The maximum absolute atomic E-state index is 11.8. The molecule has 0 amide bonds. The fraction of sp³-hybridized carbons (Fsp3) is 0.727. The van der Waals surface area contributed by atoms with E-state index in [9.17, 15) is 15.0 Å². The van der Waals surface area contributed by atoms with Crippen LogP contribution in [0.5, 0.6) is 0 Å². The highest BCUT2D eigenvalue weighted by Crippen LogP contribution is 2.54. The van der Waals surface area contributed by atoms with Crippen LogP contribution in [0.15, 0.2) is 10.6 Å². The number of aliphatic hydroxyl groups is 2.